The third-order valence-corrected chi connectivity index (χ3v) is 8.15. The standard InChI is InChI=1S/C22H29NO4S/c1-2-28(26)19-6-4-3-5-18(19)21(25)27-13-20(24)23-14-22-10-15-7-16(11-22)9-17(8-15)12-22/h3-6,15-17H,2,7-14H2,1H3,(H,23,24)/t15?,16?,17?,22?,28-/m0/s1. The zero-order chi connectivity index (χ0) is 19.7. The highest BCUT2D eigenvalue weighted by molar-refractivity contribution is 7.85. The van der Waals surface area contributed by atoms with Crippen molar-refractivity contribution >= 4 is 22.7 Å². The molecule has 1 amide bonds. The summed E-state index contributed by atoms with van der Waals surface area (Å²) in [6.45, 7) is 2.21. The molecular weight excluding hydrogens is 374 g/mol. The van der Waals surface area contributed by atoms with Gasteiger partial charge in [-0.25, -0.2) is 4.79 Å². The van der Waals surface area contributed by atoms with Gasteiger partial charge in [-0.15, -0.1) is 0 Å². The van der Waals surface area contributed by atoms with Crippen LogP contribution in [-0.4, -0.2) is 35.0 Å². The smallest absolute Gasteiger partial charge is 0.339 e. The molecule has 0 unspecified atom stereocenters. The van der Waals surface area contributed by atoms with E-state index in [9.17, 15) is 13.8 Å². The molecule has 152 valence electrons. The molecule has 1 aromatic carbocycles. The number of benzene rings is 1. The van der Waals surface area contributed by atoms with Crippen LogP contribution in [-0.2, 0) is 20.3 Å². The Bertz CT molecular complexity index is 755. The van der Waals surface area contributed by atoms with Crippen molar-refractivity contribution in [1.29, 1.82) is 0 Å². The van der Waals surface area contributed by atoms with E-state index in [0.29, 0.717) is 17.2 Å². The molecule has 0 aromatic heterocycles. The Balaban J connectivity index is 1.30. The molecule has 4 aliphatic carbocycles. The largest absolute Gasteiger partial charge is 0.452 e. The zero-order valence-electron chi connectivity index (χ0n) is 16.4. The van der Waals surface area contributed by atoms with Gasteiger partial charge in [-0.1, -0.05) is 19.1 Å². The van der Waals surface area contributed by atoms with Gasteiger partial charge in [0.2, 0.25) is 0 Å². The summed E-state index contributed by atoms with van der Waals surface area (Å²) in [5.41, 5.74) is 0.538. The molecule has 1 aromatic rings. The molecule has 4 bridgehead atoms. The molecule has 4 saturated carbocycles. The first-order valence-corrected chi connectivity index (χ1v) is 11.7. The van der Waals surface area contributed by atoms with Crippen molar-refractivity contribution in [2.45, 2.75) is 50.3 Å². The molecule has 4 aliphatic rings. The van der Waals surface area contributed by atoms with E-state index in [1.54, 1.807) is 31.2 Å². The highest BCUT2D eigenvalue weighted by Gasteiger charge is 2.50. The summed E-state index contributed by atoms with van der Waals surface area (Å²) in [6.07, 6.45) is 7.83. The summed E-state index contributed by atoms with van der Waals surface area (Å²) < 4.78 is 17.3. The maximum Gasteiger partial charge on any atom is 0.339 e. The van der Waals surface area contributed by atoms with E-state index < -0.39 is 16.8 Å². The van der Waals surface area contributed by atoms with Crippen molar-refractivity contribution in [3.63, 3.8) is 0 Å². The van der Waals surface area contributed by atoms with Gasteiger partial charge in [0, 0.05) is 12.3 Å². The maximum absolute atomic E-state index is 12.4. The second-order valence-corrected chi connectivity index (χ2v) is 10.6. The number of amides is 1. The lowest BCUT2D eigenvalue weighted by molar-refractivity contribution is -0.126. The predicted molar refractivity (Wildman–Crippen MR) is 107 cm³/mol. The van der Waals surface area contributed by atoms with Crippen LogP contribution in [0.2, 0.25) is 0 Å². The van der Waals surface area contributed by atoms with Crippen LogP contribution in [0.3, 0.4) is 0 Å². The predicted octanol–water partition coefficient (Wildman–Crippen LogP) is 3.30. The lowest BCUT2D eigenvalue weighted by atomic mass is 9.49. The molecule has 4 fully saturated rings. The van der Waals surface area contributed by atoms with E-state index in [1.165, 1.54) is 38.5 Å². The van der Waals surface area contributed by atoms with E-state index in [1.807, 2.05) is 0 Å². The monoisotopic (exact) mass is 403 g/mol. The number of hydrogen-bond donors (Lipinski definition) is 1. The van der Waals surface area contributed by atoms with E-state index in [4.69, 9.17) is 4.74 Å². The fourth-order valence-corrected chi connectivity index (χ4v) is 6.98. The van der Waals surface area contributed by atoms with Crippen LogP contribution < -0.4 is 5.32 Å². The molecule has 28 heavy (non-hydrogen) atoms. The summed E-state index contributed by atoms with van der Waals surface area (Å²) >= 11 is 0. The SMILES string of the molecule is CC[S@](=O)c1ccccc1C(=O)OCC(=O)NCC12CC3CC(CC(C3)C1)C2. The average Bonchev–Trinajstić information content (AvgIpc) is 2.69. The zero-order valence-corrected chi connectivity index (χ0v) is 17.3. The molecule has 0 heterocycles. The van der Waals surface area contributed by atoms with E-state index in [-0.39, 0.29) is 23.5 Å². The molecule has 0 spiro atoms. The van der Waals surface area contributed by atoms with Gasteiger partial charge in [-0.05, 0) is 73.8 Å². The van der Waals surface area contributed by atoms with Gasteiger partial charge in [-0.2, -0.15) is 0 Å². The van der Waals surface area contributed by atoms with Crippen LogP contribution >= 0.6 is 0 Å². The van der Waals surface area contributed by atoms with E-state index in [2.05, 4.69) is 5.32 Å². The summed E-state index contributed by atoms with van der Waals surface area (Å²) in [6, 6.07) is 6.72. The minimum absolute atomic E-state index is 0.252. The Kier molecular flexibility index (Phi) is 5.59. The average molecular weight is 404 g/mol. The summed E-state index contributed by atoms with van der Waals surface area (Å²) in [4.78, 5) is 25.1. The maximum atomic E-state index is 12.4. The van der Waals surface area contributed by atoms with Crippen molar-refractivity contribution in [2.75, 3.05) is 18.9 Å². The Morgan fingerprint density at radius 3 is 2.32 bits per heavy atom. The molecule has 1 atom stereocenters. The van der Waals surface area contributed by atoms with Crippen molar-refractivity contribution in [2.24, 2.45) is 23.2 Å². The third-order valence-electron chi connectivity index (χ3n) is 6.77. The van der Waals surface area contributed by atoms with Crippen LogP contribution in [0.1, 0.15) is 55.8 Å². The first-order valence-electron chi connectivity index (χ1n) is 10.4. The van der Waals surface area contributed by atoms with Gasteiger partial charge in [0.15, 0.2) is 6.61 Å². The van der Waals surface area contributed by atoms with Gasteiger partial charge in [-0.3, -0.25) is 9.00 Å². The number of hydrogen-bond acceptors (Lipinski definition) is 4. The molecule has 0 saturated heterocycles. The molecular formula is C22H29NO4S. The quantitative estimate of drug-likeness (QED) is 0.709. The van der Waals surface area contributed by atoms with Crippen molar-refractivity contribution in [1.82, 2.24) is 5.32 Å². The van der Waals surface area contributed by atoms with Gasteiger partial charge < -0.3 is 10.1 Å². The molecule has 1 N–H and O–H groups in total. The fourth-order valence-electron chi connectivity index (χ4n) is 6.04. The highest BCUT2D eigenvalue weighted by Crippen LogP contribution is 2.59. The Hall–Kier alpha value is -1.69. The fraction of sp³-hybridized carbons (Fsp3) is 0.636. The van der Waals surface area contributed by atoms with Gasteiger partial charge in [0.25, 0.3) is 5.91 Å². The van der Waals surface area contributed by atoms with Crippen LogP contribution in [0, 0.1) is 23.2 Å². The van der Waals surface area contributed by atoms with Gasteiger partial charge >= 0.3 is 5.97 Å². The summed E-state index contributed by atoms with van der Waals surface area (Å²) in [7, 11) is -1.25. The summed E-state index contributed by atoms with van der Waals surface area (Å²) in [5, 5.41) is 3.02. The van der Waals surface area contributed by atoms with Crippen LogP contribution in [0.15, 0.2) is 29.2 Å². The molecule has 0 radical (unpaired) electrons. The topological polar surface area (TPSA) is 72.5 Å². The van der Waals surface area contributed by atoms with Crippen LogP contribution in [0.25, 0.3) is 0 Å². The first-order chi connectivity index (χ1) is 13.5. The lowest BCUT2D eigenvalue weighted by Crippen LogP contribution is -2.51. The minimum Gasteiger partial charge on any atom is -0.452 e. The van der Waals surface area contributed by atoms with Crippen LogP contribution in [0.4, 0.5) is 0 Å². The molecule has 5 nitrogen and oxygen atoms in total. The molecule has 6 heteroatoms. The van der Waals surface area contributed by atoms with Crippen molar-refractivity contribution < 1.29 is 18.5 Å². The lowest BCUT2D eigenvalue weighted by Gasteiger charge is -2.56. The second-order valence-electron chi connectivity index (χ2n) is 8.90. The normalized spacial score (nSPS) is 31.4. The number of nitrogens with one attached hydrogen (secondary N) is 1. The number of carbonyl (C=O) groups excluding carboxylic acids is 2. The Labute approximate surface area is 169 Å². The first kappa shape index (κ1) is 19.6. The molecule has 0 aliphatic heterocycles. The van der Waals surface area contributed by atoms with Gasteiger partial charge in [0.05, 0.1) is 21.3 Å². The Morgan fingerprint density at radius 2 is 1.71 bits per heavy atom. The number of ether oxygens (including phenoxy) is 1. The van der Waals surface area contributed by atoms with Crippen molar-refractivity contribution in [3.05, 3.63) is 29.8 Å². The third kappa shape index (κ3) is 4.02. The second kappa shape index (κ2) is 7.97. The van der Waals surface area contributed by atoms with Crippen molar-refractivity contribution in [3.8, 4) is 0 Å². The highest BCUT2D eigenvalue weighted by atomic mass is 32.2. The molecule has 5 rings (SSSR count). The van der Waals surface area contributed by atoms with E-state index >= 15 is 0 Å². The van der Waals surface area contributed by atoms with Gasteiger partial charge in [0.1, 0.15) is 0 Å². The number of rotatable bonds is 7. The summed E-state index contributed by atoms with van der Waals surface area (Å²) in [5.74, 6) is 2.11. The number of esters is 1. The number of carbonyl (C=O) groups is 2. The minimum atomic E-state index is -1.25. The van der Waals surface area contributed by atoms with Crippen LogP contribution in [0.5, 0.6) is 0 Å². The Morgan fingerprint density at radius 1 is 1.11 bits per heavy atom. The van der Waals surface area contributed by atoms with E-state index in [0.717, 1.165) is 17.8 Å².